The molecule has 41 heavy (non-hydrogen) atoms. The minimum atomic E-state index is -4.54. The number of alkyl halides is 3. The first-order valence-electron chi connectivity index (χ1n) is 14.1. The van der Waals surface area contributed by atoms with E-state index in [0.29, 0.717) is 34.9 Å². The number of fused-ring (bicyclic) bond motifs is 1. The molecule has 1 N–H and O–H groups in total. The van der Waals surface area contributed by atoms with Gasteiger partial charge in [-0.25, -0.2) is 9.78 Å². The average molecular weight is 572 g/mol. The van der Waals surface area contributed by atoms with Crippen molar-refractivity contribution < 1.29 is 32.5 Å². The molecule has 2 aromatic carbocycles. The second-order valence-corrected chi connectivity index (χ2v) is 11.2. The first-order valence-corrected chi connectivity index (χ1v) is 14.1. The third-order valence-corrected chi connectivity index (χ3v) is 7.82. The highest BCUT2D eigenvalue weighted by molar-refractivity contribution is 6.06. The number of hydrogen-bond acceptors (Lipinski definition) is 6. The summed E-state index contributed by atoms with van der Waals surface area (Å²) < 4.78 is 52.3. The van der Waals surface area contributed by atoms with Gasteiger partial charge in [-0.05, 0) is 56.1 Å². The highest BCUT2D eigenvalue weighted by Crippen LogP contribution is 2.37. The lowest BCUT2D eigenvalue weighted by Gasteiger charge is -2.40. The molecule has 3 aromatic rings. The summed E-state index contributed by atoms with van der Waals surface area (Å²) >= 11 is 0. The molecule has 3 heterocycles. The monoisotopic (exact) mass is 571 g/mol. The fraction of sp³-hybridized carbons (Fsp3) is 0.484. The Labute approximate surface area is 237 Å². The number of aromatic nitrogens is 1. The molecule has 2 aliphatic heterocycles. The normalized spacial score (nSPS) is 17.8. The zero-order valence-corrected chi connectivity index (χ0v) is 23.4. The Kier molecular flexibility index (Phi) is 8.82. The Morgan fingerprint density at radius 2 is 1.83 bits per heavy atom. The van der Waals surface area contributed by atoms with Gasteiger partial charge in [-0.15, -0.1) is 0 Å². The van der Waals surface area contributed by atoms with E-state index in [9.17, 15) is 23.1 Å². The van der Waals surface area contributed by atoms with Crippen molar-refractivity contribution in [2.45, 2.75) is 45.5 Å². The van der Waals surface area contributed by atoms with Crippen LogP contribution in [0.1, 0.15) is 48.2 Å². The summed E-state index contributed by atoms with van der Waals surface area (Å²) in [4.78, 5) is 22.2. The summed E-state index contributed by atoms with van der Waals surface area (Å²) in [6.45, 7) is 9.56. The molecule has 0 amide bonds. The number of halogens is 3. The number of piperidine rings is 1. The van der Waals surface area contributed by atoms with E-state index in [1.54, 1.807) is 24.3 Å². The molecule has 2 fully saturated rings. The van der Waals surface area contributed by atoms with Crippen molar-refractivity contribution in [2.24, 2.45) is 5.92 Å². The standard InChI is InChI=1S/C31H36F3N3O4/c1-20(2)19-41-24-6-7-25-27(17-24)35-29(21-4-3-5-22(16-21)31(32,33)34)26(28(25)30(38)39)18-36-10-8-23(9-11-36)37-12-14-40-15-13-37/h3-7,16-17,20,23H,8-15,18-19H2,1-2H3,(H,38,39). The molecule has 0 bridgehead atoms. The van der Waals surface area contributed by atoms with Crippen molar-refractivity contribution in [1.82, 2.24) is 14.8 Å². The van der Waals surface area contributed by atoms with Gasteiger partial charge in [0.2, 0.25) is 0 Å². The molecule has 0 unspecified atom stereocenters. The first kappa shape index (κ1) is 29.3. The maximum atomic E-state index is 13.7. The highest BCUT2D eigenvalue weighted by Gasteiger charge is 2.32. The van der Waals surface area contributed by atoms with E-state index < -0.39 is 17.7 Å². The summed E-state index contributed by atoms with van der Waals surface area (Å²) in [5.41, 5.74) is 0.525. The minimum absolute atomic E-state index is 0.0631. The van der Waals surface area contributed by atoms with Crippen LogP contribution >= 0.6 is 0 Å². The van der Waals surface area contributed by atoms with E-state index in [0.717, 1.165) is 64.4 Å². The zero-order valence-electron chi connectivity index (χ0n) is 23.4. The summed E-state index contributed by atoms with van der Waals surface area (Å²) in [5.74, 6) is -0.327. The van der Waals surface area contributed by atoms with Crippen molar-refractivity contribution in [3.05, 3.63) is 59.2 Å². The summed E-state index contributed by atoms with van der Waals surface area (Å²) in [5, 5.41) is 10.9. The van der Waals surface area contributed by atoms with Crippen molar-refractivity contribution in [3.63, 3.8) is 0 Å². The fourth-order valence-corrected chi connectivity index (χ4v) is 5.73. The molecule has 10 heteroatoms. The van der Waals surface area contributed by atoms with Crippen molar-refractivity contribution in [3.8, 4) is 17.0 Å². The number of morpholine rings is 1. The van der Waals surface area contributed by atoms with Crippen LogP contribution in [0.3, 0.4) is 0 Å². The predicted octanol–water partition coefficient (Wildman–Crippen LogP) is 5.95. The molecule has 0 radical (unpaired) electrons. The third-order valence-electron chi connectivity index (χ3n) is 7.82. The Balaban J connectivity index is 1.55. The van der Waals surface area contributed by atoms with Crippen LogP contribution in [0, 0.1) is 5.92 Å². The van der Waals surface area contributed by atoms with E-state index >= 15 is 0 Å². The van der Waals surface area contributed by atoms with Crippen molar-refractivity contribution >= 4 is 16.9 Å². The number of carboxylic acids is 1. The minimum Gasteiger partial charge on any atom is -0.493 e. The maximum absolute atomic E-state index is 13.7. The number of carbonyl (C=O) groups is 1. The Hall–Kier alpha value is -3.21. The largest absolute Gasteiger partial charge is 0.493 e. The Bertz CT molecular complexity index is 1380. The van der Waals surface area contributed by atoms with Gasteiger partial charge in [0.15, 0.2) is 0 Å². The molecule has 2 aliphatic rings. The quantitative estimate of drug-likeness (QED) is 0.358. The number of carboxylic acid groups (broad SMARTS) is 1. The van der Waals surface area contributed by atoms with Gasteiger partial charge in [0.05, 0.1) is 42.2 Å². The predicted molar refractivity (Wildman–Crippen MR) is 150 cm³/mol. The lowest BCUT2D eigenvalue weighted by molar-refractivity contribution is -0.137. The molecule has 0 spiro atoms. The molecule has 7 nitrogen and oxygen atoms in total. The third kappa shape index (κ3) is 6.82. The molecular formula is C31H36F3N3O4. The average Bonchev–Trinajstić information content (AvgIpc) is 2.96. The van der Waals surface area contributed by atoms with Gasteiger partial charge < -0.3 is 14.6 Å². The van der Waals surface area contributed by atoms with Gasteiger partial charge >= 0.3 is 12.1 Å². The smallest absolute Gasteiger partial charge is 0.416 e. The number of ether oxygens (including phenoxy) is 2. The van der Waals surface area contributed by atoms with Gasteiger partial charge in [-0.2, -0.15) is 13.2 Å². The van der Waals surface area contributed by atoms with Crippen LogP contribution in [0.25, 0.3) is 22.2 Å². The maximum Gasteiger partial charge on any atom is 0.416 e. The van der Waals surface area contributed by atoms with Gasteiger partial charge in [0.1, 0.15) is 5.75 Å². The summed E-state index contributed by atoms with van der Waals surface area (Å²) in [6, 6.07) is 10.5. The van der Waals surface area contributed by atoms with Crippen LogP contribution in [-0.4, -0.2) is 77.9 Å². The summed E-state index contributed by atoms with van der Waals surface area (Å²) in [7, 11) is 0. The van der Waals surface area contributed by atoms with Gasteiger partial charge in [0, 0.05) is 48.3 Å². The molecule has 1 aromatic heterocycles. The molecule has 0 saturated carbocycles. The van der Waals surface area contributed by atoms with E-state index in [1.807, 2.05) is 13.8 Å². The second-order valence-electron chi connectivity index (χ2n) is 11.2. The van der Waals surface area contributed by atoms with E-state index in [-0.39, 0.29) is 29.3 Å². The lowest BCUT2D eigenvalue weighted by atomic mass is 9.94. The topological polar surface area (TPSA) is 75.1 Å². The fourth-order valence-electron chi connectivity index (χ4n) is 5.73. The number of pyridine rings is 1. The van der Waals surface area contributed by atoms with Crippen LogP contribution in [0.2, 0.25) is 0 Å². The molecule has 0 aliphatic carbocycles. The van der Waals surface area contributed by atoms with Crippen molar-refractivity contribution in [1.29, 1.82) is 0 Å². The molecule has 220 valence electrons. The molecule has 5 rings (SSSR count). The molecule has 0 atom stereocenters. The van der Waals surface area contributed by atoms with E-state index in [4.69, 9.17) is 14.5 Å². The highest BCUT2D eigenvalue weighted by atomic mass is 19.4. The van der Waals surface area contributed by atoms with Crippen LogP contribution in [0.15, 0.2) is 42.5 Å². The van der Waals surface area contributed by atoms with Crippen LogP contribution < -0.4 is 4.74 Å². The number of likely N-dealkylation sites (tertiary alicyclic amines) is 1. The van der Waals surface area contributed by atoms with Crippen LogP contribution in [0.5, 0.6) is 5.75 Å². The number of benzene rings is 2. The molecular weight excluding hydrogens is 535 g/mol. The van der Waals surface area contributed by atoms with Crippen molar-refractivity contribution in [2.75, 3.05) is 46.0 Å². The number of aromatic carboxylic acids is 1. The first-order chi connectivity index (χ1) is 19.6. The Morgan fingerprint density at radius 3 is 2.49 bits per heavy atom. The summed E-state index contributed by atoms with van der Waals surface area (Å²) in [6.07, 6.45) is -2.68. The second kappa shape index (κ2) is 12.3. The van der Waals surface area contributed by atoms with E-state index in [2.05, 4.69) is 9.80 Å². The van der Waals surface area contributed by atoms with Crippen LogP contribution in [-0.2, 0) is 17.5 Å². The van der Waals surface area contributed by atoms with Crippen LogP contribution in [0.4, 0.5) is 13.2 Å². The number of rotatable bonds is 8. The Morgan fingerprint density at radius 1 is 1.10 bits per heavy atom. The van der Waals surface area contributed by atoms with E-state index in [1.165, 1.54) is 6.07 Å². The lowest BCUT2D eigenvalue weighted by Crippen LogP contribution is -2.48. The van der Waals surface area contributed by atoms with Gasteiger partial charge in [0.25, 0.3) is 0 Å². The SMILES string of the molecule is CC(C)COc1ccc2c(C(=O)O)c(CN3CCC(N4CCOCC4)CC3)c(-c3cccc(C(F)(F)F)c3)nc2c1. The van der Waals surface area contributed by atoms with Gasteiger partial charge in [-0.3, -0.25) is 9.80 Å². The van der Waals surface area contributed by atoms with Gasteiger partial charge in [-0.1, -0.05) is 26.0 Å². The molecule has 2 saturated heterocycles. The number of hydrogen-bond donors (Lipinski definition) is 1. The number of nitrogens with zero attached hydrogens (tertiary/aromatic N) is 3. The zero-order chi connectivity index (χ0) is 29.1.